The van der Waals surface area contributed by atoms with E-state index in [4.69, 9.17) is 0 Å². The molecule has 2 unspecified atom stereocenters. The molecule has 2 saturated heterocycles. The highest BCUT2D eigenvalue weighted by atomic mass is 127. The van der Waals surface area contributed by atoms with Gasteiger partial charge in [-0.3, -0.25) is 4.90 Å². The lowest BCUT2D eigenvalue weighted by molar-refractivity contribution is 0.318. The maximum Gasteiger partial charge on any atom is 0.0429 e. The second kappa shape index (κ2) is 4.76. The maximum atomic E-state index is 3.76. The largest absolute Gasteiger partial charge is 0.380 e. The summed E-state index contributed by atoms with van der Waals surface area (Å²) < 4.78 is 1.32. The topological polar surface area (TPSA) is 15.3 Å². The molecule has 0 amide bonds. The van der Waals surface area contributed by atoms with Gasteiger partial charge in [0.25, 0.3) is 0 Å². The fraction of sp³-hybridized carbons (Fsp3) is 0.571. The van der Waals surface area contributed by atoms with E-state index >= 15 is 0 Å². The van der Waals surface area contributed by atoms with E-state index in [1.165, 1.54) is 47.2 Å². The number of hydrogen-bond donors (Lipinski definition) is 1. The summed E-state index contributed by atoms with van der Waals surface area (Å²) in [4.78, 5) is 2.65. The number of rotatable bonds is 2. The van der Waals surface area contributed by atoms with Gasteiger partial charge >= 0.3 is 0 Å². The maximum absolute atomic E-state index is 3.76. The Hall–Kier alpha value is -0.290. The molecule has 0 spiro atoms. The number of benzene rings is 1. The van der Waals surface area contributed by atoms with Gasteiger partial charge in [0.2, 0.25) is 0 Å². The predicted octanol–water partition coefficient (Wildman–Crippen LogP) is 3.25. The molecule has 1 N–H and O–H groups in total. The lowest BCUT2D eigenvalue weighted by atomic mass is 10.1. The number of hydrogen-bond acceptors (Lipinski definition) is 2. The third-order valence-electron chi connectivity index (χ3n) is 4.14. The molecule has 2 fully saturated rings. The van der Waals surface area contributed by atoms with Crippen LogP contribution < -0.4 is 5.32 Å². The monoisotopic (exact) mass is 342 g/mol. The van der Waals surface area contributed by atoms with Gasteiger partial charge in [0.15, 0.2) is 0 Å². The molecule has 0 bridgehead atoms. The normalized spacial score (nSPS) is 28.4. The summed E-state index contributed by atoms with van der Waals surface area (Å²) >= 11 is 2.38. The molecule has 3 heteroatoms. The molecule has 92 valence electrons. The van der Waals surface area contributed by atoms with E-state index in [0.717, 1.165) is 6.04 Å². The molecular formula is C14H19IN2. The quantitative estimate of drug-likeness (QED) is 0.830. The molecule has 2 nitrogen and oxygen atoms in total. The Morgan fingerprint density at radius 2 is 2.18 bits per heavy atom. The van der Waals surface area contributed by atoms with Gasteiger partial charge in [-0.2, -0.15) is 0 Å². The molecule has 0 radical (unpaired) electrons. The Bertz CT molecular complexity index is 419. The third kappa shape index (κ3) is 2.32. The van der Waals surface area contributed by atoms with Crippen molar-refractivity contribution >= 4 is 28.3 Å². The highest BCUT2D eigenvalue weighted by Gasteiger charge is 2.36. The molecule has 0 aliphatic carbocycles. The number of aryl methyl sites for hydroxylation is 1. The number of fused-ring (bicyclic) bond motifs is 1. The molecule has 1 aromatic carbocycles. The molecule has 17 heavy (non-hydrogen) atoms. The van der Waals surface area contributed by atoms with Crippen LogP contribution in [0.4, 0.5) is 5.69 Å². The van der Waals surface area contributed by atoms with E-state index in [9.17, 15) is 0 Å². The van der Waals surface area contributed by atoms with Crippen LogP contribution >= 0.6 is 22.6 Å². The Kier molecular flexibility index (Phi) is 3.30. The minimum Gasteiger partial charge on any atom is -0.380 e. The molecule has 0 aromatic heterocycles. The fourth-order valence-electron chi connectivity index (χ4n) is 3.24. The molecule has 2 heterocycles. The van der Waals surface area contributed by atoms with Crippen LogP contribution in [0.3, 0.4) is 0 Å². The molecule has 0 saturated carbocycles. The van der Waals surface area contributed by atoms with Crippen LogP contribution in [0.1, 0.15) is 24.8 Å². The van der Waals surface area contributed by atoms with Crippen LogP contribution in [-0.4, -0.2) is 30.1 Å². The third-order valence-corrected chi connectivity index (χ3v) is 4.81. The van der Waals surface area contributed by atoms with Crippen molar-refractivity contribution in [3.05, 3.63) is 27.3 Å². The second-order valence-corrected chi connectivity index (χ2v) is 6.49. The highest BCUT2D eigenvalue weighted by molar-refractivity contribution is 14.1. The second-order valence-electron chi connectivity index (χ2n) is 5.24. The zero-order chi connectivity index (χ0) is 11.8. The summed E-state index contributed by atoms with van der Waals surface area (Å²) in [5.74, 6) is 0. The lowest BCUT2D eigenvalue weighted by Crippen LogP contribution is -2.33. The number of halogens is 1. The van der Waals surface area contributed by atoms with Gasteiger partial charge in [0.05, 0.1) is 0 Å². The van der Waals surface area contributed by atoms with E-state index in [-0.39, 0.29) is 0 Å². The summed E-state index contributed by atoms with van der Waals surface area (Å²) in [5, 5.41) is 3.76. The first kappa shape index (κ1) is 11.8. The Labute approximate surface area is 117 Å². The minimum atomic E-state index is 0.663. The average Bonchev–Trinajstić information content (AvgIpc) is 2.86. The van der Waals surface area contributed by atoms with Crippen LogP contribution in [0.15, 0.2) is 18.2 Å². The van der Waals surface area contributed by atoms with Crippen LogP contribution in [0.5, 0.6) is 0 Å². The first-order valence-corrected chi connectivity index (χ1v) is 7.58. The van der Waals surface area contributed by atoms with Gasteiger partial charge in [-0.1, -0.05) is 0 Å². The van der Waals surface area contributed by atoms with Gasteiger partial charge in [0.1, 0.15) is 0 Å². The zero-order valence-corrected chi connectivity index (χ0v) is 12.4. The Morgan fingerprint density at radius 1 is 1.29 bits per heavy atom. The van der Waals surface area contributed by atoms with Crippen LogP contribution in [0.25, 0.3) is 0 Å². The highest BCUT2D eigenvalue weighted by Crippen LogP contribution is 2.31. The van der Waals surface area contributed by atoms with Gasteiger partial charge in [-0.15, -0.1) is 0 Å². The van der Waals surface area contributed by atoms with Crippen molar-refractivity contribution in [2.75, 3.05) is 18.4 Å². The van der Waals surface area contributed by atoms with E-state index in [1.54, 1.807) is 0 Å². The standard InChI is InChI=1S/C14H19IN2/c1-10-9-11(15)4-5-12(10)16-13-6-8-17-7-2-3-14(13)17/h4-5,9,13-14,16H,2-3,6-8H2,1H3. The lowest BCUT2D eigenvalue weighted by Gasteiger charge is -2.23. The Morgan fingerprint density at radius 3 is 3.00 bits per heavy atom. The molecule has 2 atom stereocenters. The summed E-state index contributed by atoms with van der Waals surface area (Å²) in [5.41, 5.74) is 2.69. The minimum absolute atomic E-state index is 0.663. The smallest absolute Gasteiger partial charge is 0.0429 e. The van der Waals surface area contributed by atoms with E-state index in [2.05, 4.69) is 57.9 Å². The molecule has 2 aliphatic heterocycles. The molecular weight excluding hydrogens is 323 g/mol. The Balaban J connectivity index is 1.74. The SMILES string of the molecule is Cc1cc(I)ccc1NC1CCN2CCCC12. The van der Waals surface area contributed by atoms with Crippen LogP contribution in [0, 0.1) is 10.5 Å². The van der Waals surface area contributed by atoms with Gasteiger partial charge < -0.3 is 5.32 Å². The van der Waals surface area contributed by atoms with Crippen LogP contribution in [0.2, 0.25) is 0 Å². The van der Waals surface area contributed by atoms with Crippen molar-refractivity contribution in [3.63, 3.8) is 0 Å². The fourth-order valence-corrected chi connectivity index (χ4v) is 3.89. The zero-order valence-electron chi connectivity index (χ0n) is 10.2. The van der Waals surface area contributed by atoms with Crippen molar-refractivity contribution in [2.45, 2.75) is 38.3 Å². The van der Waals surface area contributed by atoms with E-state index in [0.29, 0.717) is 6.04 Å². The summed E-state index contributed by atoms with van der Waals surface area (Å²) in [6, 6.07) is 8.13. The molecule has 2 aliphatic rings. The van der Waals surface area contributed by atoms with Gasteiger partial charge in [-0.05, 0) is 79.1 Å². The van der Waals surface area contributed by atoms with E-state index in [1.807, 2.05) is 0 Å². The first-order valence-electron chi connectivity index (χ1n) is 6.51. The molecule has 1 aromatic rings. The van der Waals surface area contributed by atoms with Gasteiger partial charge in [0, 0.05) is 27.9 Å². The number of nitrogens with zero attached hydrogens (tertiary/aromatic N) is 1. The summed E-state index contributed by atoms with van der Waals surface area (Å²) in [6.07, 6.45) is 4.06. The van der Waals surface area contributed by atoms with Crippen molar-refractivity contribution < 1.29 is 0 Å². The van der Waals surface area contributed by atoms with Crippen LogP contribution in [-0.2, 0) is 0 Å². The van der Waals surface area contributed by atoms with Crippen molar-refractivity contribution in [2.24, 2.45) is 0 Å². The summed E-state index contributed by atoms with van der Waals surface area (Å²) in [6.45, 7) is 4.80. The summed E-state index contributed by atoms with van der Waals surface area (Å²) in [7, 11) is 0. The average molecular weight is 342 g/mol. The number of nitrogens with one attached hydrogen (secondary N) is 1. The van der Waals surface area contributed by atoms with Crippen molar-refractivity contribution in [3.8, 4) is 0 Å². The van der Waals surface area contributed by atoms with Crippen molar-refractivity contribution in [1.82, 2.24) is 4.90 Å². The van der Waals surface area contributed by atoms with Crippen molar-refractivity contribution in [1.29, 1.82) is 0 Å². The first-order chi connectivity index (χ1) is 8.24. The van der Waals surface area contributed by atoms with Gasteiger partial charge in [-0.25, -0.2) is 0 Å². The van der Waals surface area contributed by atoms with E-state index < -0.39 is 0 Å². The predicted molar refractivity (Wildman–Crippen MR) is 80.5 cm³/mol. The number of anilines is 1. The molecule has 3 rings (SSSR count).